The average molecular weight is 510 g/mol. The van der Waals surface area contributed by atoms with Gasteiger partial charge in [-0.1, -0.05) is 81.4 Å². The molecule has 2 nitrogen and oxygen atoms in total. The molecule has 2 aromatic heterocycles. The summed E-state index contributed by atoms with van der Waals surface area (Å²) in [5.74, 6) is 0. The Hall–Kier alpha value is -3.68. The smallest absolute Gasteiger partial charge is 0.657 e. The number of nitrogens with zero attached hydrogens (tertiary/aromatic N) is 2. The van der Waals surface area contributed by atoms with Gasteiger partial charge in [0.15, 0.2) is 0 Å². The van der Waals surface area contributed by atoms with Gasteiger partial charge in [-0.2, -0.15) is 42.0 Å². The van der Waals surface area contributed by atoms with Crippen LogP contribution in [-0.2, 0) is 21.9 Å². The molecule has 0 saturated heterocycles. The van der Waals surface area contributed by atoms with Gasteiger partial charge in [0.25, 0.3) is 0 Å². The Morgan fingerprint density at radius 2 is 1.28 bits per heavy atom. The van der Waals surface area contributed by atoms with Crippen molar-refractivity contribution in [3.8, 4) is 22.4 Å². The van der Waals surface area contributed by atoms with Crippen LogP contribution < -0.4 is 4.98 Å². The van der Waals surface area contributed by atoms with Crippen molar-refractivity contribution in [1.29, 1.82) is 0 Å². The number of aromatic nitrogens is 2. The summed E-state index contributed by atoms with van der Waals surface area (Å²) in [6.07, 6.45) is 1.82. The number of rotatable bonds is 2. The molecule has 3 heteroatoms. The maximum atomic E-state index is 4.52. The van der Waals surface area contributed by atoms with Crippen LogP contribution >= 0.6 is 0 Å². The summed E-state index contributed by atoms with van der Waals surface area (Å²) in [5, 5.41) is 2.50. The van der Waals surface area contributed by atoms with Gasteiger partial charge in [-0.05, 0) is 22.3 Å². The number of benzene rings is 4. The molecule has 2 heterocycles. The quantitative estimate of drug-likeness (QED) is 0.173. The van der Waals surface area contributed by atoms with Crippen LogP contribution in [0.15, 0.2) is 109 Å². The van der Waals surface area contributed by atoms with Crippen molar-refractivity contribution in [3.05, 3.63) is 127 Å². The third-order valence-electron chi connectivity index (χ3n) is 6.01. The molecule has 0 unspecified atom stereocenters. The first-order valence-electron chi connectivity index (χ1n) is 11.9. The van der Waals surface area contributed by atoms with Gasteiger partial charge in [-0.15, -0.1) is 34.3 Å². The van der Waals surface area contributed by atoms with Gasteiger partial charge >= 0.3 is 16.5 Å². The van der Waals surface area contributed by atoms with Gasteiger partial charge in [-0.3, -0.25) is 4.98 Å². The largest absolute Gasteiger partial charge is 3.00 e. The molecule has 0 fully saturated rings. The van der Waals surface area contributed by atoms with E-state index < -0.39 is 0 Å². The SMILES string of the molecule is CC(C)(C)c1cc(-c2[c-]cccc2)[c-]c(-c2ccccn2)c1.[Ni+3].c1ccc2c(c1)[n-]c1ccccc12. The topological polar surface area (TPSA) is 27.0 Å². The van der Waals surface area contributed by atoms with Crippen molar-refractivity contribution >= 4 is 21.8 Å². The Balaban J connectivity index is 0.000000185. The van der Waals surface area contributed by atoms with Gasteiger partial charge in [0.05, 0.1) is 0 Å². The van der Waals surface area contributed by atoms with Gasteiger partial charge in [0.1, 0.15) is 0 Å². The molecule has 0 N–H and O–H groups in total. The number of hydrogen-bond acceptors (Lipinski definition) is 1. The van der Waals surface area contributed by atoms with E-state index in [9.17, 15) is 0 Å². The second-order valence-electron chi connectivity index (χ2n) is 9.58. The van der Waals surface area contributed by atoms with Crippen molar-refractivity contribution in [1.82, 2.24) is 9.97 Å². The molecule has 6 aromatic rings. The molecule has 4 aromatic carbocycles. The molecule has 6 rings (SSSR count). The third-order valence-corrected chi connectivity index (χ3v) is 6.01. The van der Waals surface area contributed by atoms with Gasteiger partial charge in [-0.25, -0.2) is 5.56 Å². The van der Waals surface area contributed by atoms with Gasteiger partial charge in [0.2, 0.25) is 0 Å². The molecule has 179 valence electrons. The number of pyridine rings is 1. The monoisotopic (exact) mass is 509 g/mol. The molecule has 0 saturated carbocycles. The summed E-state index contributed by atoms with van der Waals surface area (Å²) in [6.45, 7) is 6.68. The van der Waals surface area contributed by atoms with Crippen LogP contribution in [0.25, 0.3) is 44.2 Å². The van der Waals surface area contributed by atoms with Gasteiger partial charge < -0.3 is 4.98 Å². The first-order valence-corrected chi connectivity index (χ1v) is 11.9. The Bertz CT molecular complexity index is 1450. The number of fused-ring (bicyclic) bond motifs is 3. The maximum Gasteiger partial charge on any atom is 3.00 e. The average Bonchev–Trinajstić information content (AvgIpc) is 3.28. The van der Waals surface area contributed by atoms with Crippen LogP contribution in [-0.4, -0.2) is 4.98 Å². The molecule has 0 aliphatic rings. The molecular formula is C33H27N2Ni. The Morgan fingerprint density at radius 1 is 0.667 bits per heavy atom. The molecule has 0 spiro atoms. The fourth-order valence-corrected chi connectivity index (χ4v) is 4.10. The summed E-state index contributed by atoms with van der Waals surface area (Å²) < 4.78 is 0. The summed E-state index contributed by atoms with van der Waals surface area (Å²) in [6, 6.07) is 41.7. The van der Waals surface area contributed by atoms with E-state index in [1.165, 1.54) is 16.3 Å². The van der Waals surface area contributed by atoms with E-state index in [0.29, 0.717) is 0 Å². The standard InChI is InChI=1S/C21H19N.C12H8N.Ni/c1-21(2,3)19-14-17(16-9-5-4-6-10-16)13-18(15-19)20-11-7-8-12-22-20;1-3-7-11-9(5-1)10-6-2-4-8-12(10)13-11;/h4-9,11-12,14-15H,1-3H3;1-8H;/q-2;-1;+3. The maximum absolute atomic E-state index is 4.52. The Labute approximate surface area is 223 Å². The predicted molar refractivity (Wildman–Crippen MR) is 146 cm³/mol. The first kappa shape index (κ1) is 25.4. The van der Waals surface area contributed by atoms with Crippen molar-refractivity contribution < 1.29 is 16.5 Å². The molecule has 0 aliphatic carbocycles. The third kappa shape index (κ3) is 5.59. The van der Waals surface area contributed by atoms with Crippen LogP contribution in [0.1, 0.15) is 26.3 Å². The fraction of sp³-hybridized carbons (Fsp3) is 0.121. The minimum absolute atomic E-state index is 0. The van der Waals surface area contributed by atoms with Crippen LogP contribution in [0.5, 0.6) is 0 Å². The van der Waals surface area contributed by atoms with E-state index in [4.69, 9.17) is 0 Å². The molecule has 36 heavy (non-hydrogen) atoms. The van der Waals surface area contributed by atoms with Crippen molar-refractivity contribution in [3.63, 3.8) is 0 Å². The second kappa shape index (κ2) is 10.9. The molecule has 0 bridgehead atoms. The van der Waals surface area contributed by atoms with E-state index in [1.54, 1.807) is 0 Å². The normalized spacial score (nSPS) is 11.0. The minimum atomic E-state index is 0. The van der Waals surface area contributed by atoms with Crippen LogP contribution in [0.4, 0.5) is 0 Å². The zero-order valence-corrected chi connectivity index (χ0v) is 21.6. The van der Waals surface area contributed by atoms with Crippen molar-refractivity contribution in [2.75, 3.05) is 0 Å². The number of hydrogen-bond donors (Lipinski definition) is 0. The summed E-state index contributed by atoms with van der Waals surface area (Å²) in [7, 11) is 0. The van der Waals surface area contributed by atoms with Crippen molar-refractivity contribution in [2.45, 2.75) is 26.2 Å². The predicted octanol–water partition coefficient (Wildman–Crippen LogP) is 8.26. The minimum Gasteiger partial charge on any atom is -0.657 e. The molecule has 0 amide bonds. The fourth-order valence-electron chi connectivity index (χ4n) is 4.10. The first-order chi connectivity index (χ1) is 17.0. The zero-order chi connectivity index (χ0) is 24.3. The van der Waals surface area contributed by atoms with E-state index >= 15 is 0 Å². The van der Waals surface area contributed by atoms with Crippen LogP contribution in [0, 0.1) is 12.1 Å². The zero-order valence-electron chi connectivity index (χ0n) is 20.6. The number of para-hydroxylation sites is 2. The van der Waals surface area contributed by atoms with Crippen LogP contribution in [0.3, 0.4) is 0 Å². The molecule has 0 atom stereocenters. The summed E-state index contributed by atoms with van der Waals surface area (Å²) >= 11 is 0. The molecule has 1 radical (unpaired) electrons. The Morgan fingerprint density at radius 3 is 1.86 bits per heavy atom. The molecular weight excluding hydrogens is 483 g/mol. The second-order valence-corrected chi connectivity index (χ2v) is 9.58. The summed E-state index contributed by atoms with van der Waals surface area (Å²) in [5.41, 5.74) is 7.62. The van der Waals surface area contributed by atoms with E-state index in [1.807, 2.05) is 54.7 Å². The van der Waals surface area contributed by atoms with E-state index in [0.717, 1.165) is 33.4 Å². The van der Waals surface area contributed by atoms with E-state index in [-0.39, 0.29) is 21.9 Å². The van der Waals surface area contributed by atoms with Crippen molar-refractivity contribution in [2.24, 2.45) is 0 Å². The van der Waals surface area contributed by atoms with E-state index in [2.05, 4.69) is 97.5 Å². The summed E-state index contributed by atoms with van der Waals surface area (Å²) in [4.78, 5) is 8.98. The van der Waals surface area contributed by atoms with Crippen LogP contribution in [0.2, 0.25) is 0 Å². The molecule has 0 aliphatic heterocycles. The Kier molecular flexibility index (Phi) is 7.72. The van der Waals surface area contributed by atoms with Gasteiger partial charge in [0, 0.05) is 11.9 Å².